The average Bonchev–Trinajstić information content (AvgIpc) is 3.33. The van der Waals surface area contributed by atoms with E-state index in [1.165, 1.54) is 23.4 Å². The Hall–Kier alpha value is -4.14. The molecular weight excluding hydrogens is 398 g/mol. The van der Waals surface area contributed by atoms with Crippen molar-refractivity contribution in [3.8, 4) is 11.5 Å². The number of anilines is 2. The van der Waals surface area contributed by atoms with E-state index in [2.05, 4.69) is 20.7 Å². The first kappa shape index (κ1) is 21.6. The summed E-state index contributed by atoms with van der Waals surface area (Å²) in [7, 11) is 3.12. The number of carbonyl (C=O) groups excluding carboxylic acids is 2. The fourth-order valence-corrected chi connectivity index (χ4v) is 2.73. The van der Waals surface area contributed by atoms with E-state index in [1.54, 1.807) is 63.6 Å². The molecule has 0 aliphatic carbocycles. The first-order chi connectivity index (χ1) is 15.0. The number of rotatable bonds is 8. The van der Waals surface area contributed by atoms with Crippen molar-refractivity contribution in [2.75, 3.05) is 24.9 Å². The Bertz CT molecular complexity index is 1060. The van der Waals surface area contributed by atoms with E-state index in [9.17, 15) is 9.59 Å². The molecule has 0 aliphatic heterocycles. The van der Waals surface area contributed by atoms with Crippen molar-refractivity contribution in [3.05, 3.63) is 66.8 Å². The highest BCUT2D eigenvalue weighted by Crippen LogP contribution is 2.28. The summed E-state index contributed by atoms with van der Waals surface area (Å²) in [5.74, 6) is 0.694. The van der Waals surface area contributed by atoms with Gasteiger partial charge in [-0.2, -0.15) is 5.10 Å². The molecule has 9 heteroatoms. The molecule has 3 rings (SSSR count). The van der Waals surface area contributed by atoms with Crippen LogP contribution in [-0.2, 0) is 9.59 Å². The summed E-state index contributed by atoms with van der Waals surface area (Å²) in [6, 6.07) is 11.7. The summed E-state index contributed by atoms with van der Waals surface area (Å²) in [6.07, 6.45) is 5.97. The lowest BCUT2D eigenvalue weighted by molar-refractivity contribution is -0.119. The second-order valence-electron chi connectivity index (χ2n) is 6.56. The molecule has 3 aromatic rings. The van der Waals surface area contributed by atoms with Gasteiger partial charge in [-0.05, 0) is 55.0 Å². The van der Waals surface area contributed by atoms with Gasteiger partial charge in [0.25, 0.3) is 0 Å². The number of hydrogen-bond acceptors (Lipinski definition) is 6. The van der Waals surface area contributed by atoms with E-state index < -0.39 is 6.04 Å². The van der Waals surface area contributed by atoms with Crippen LogP contribution in [0.1, 0.15) is 18.5 Å². The summed E-state index contributed by atoms with van der Waals surface area (Å²) in [5.41, 5.74) is 2.01. The fraction of sp³-hybridized carbons (Fsp3) is 0.182. The molecule has 0 bridgehead atoms. The van der Waals surface area contributed by atoms with Crippen molar-refractivity contribution < 1.29 is 19.1 Å². The number of aromatic nitrogens is 3. The highest BCUT2D eigenvalue weighted by molar-refractivity contribution is 6.02. The van der Waals surface area contributed by atoms with Crippen LogP contribution in [0, 0.1) is 0 Å². The third-order valence-electron chi connectivity index (χ3n) is 4.47. The van der Waals surface area contributed by atoms with Crippen LogP contribution in [0.2, 0.25) is 0 Å². The lowest BCUT2D eigenvalue weighted by Crippen LogP contribution is -2.24. The van der Waals surface area contributed by atoms with Crippen molar-refractivity contribution in [2.24, 2.45) is 0 Å². The van der Waals surface area contributed by atoms with E-state index in [-0.39, 0.29) is 11.8 Å². The maximum absolute atomic E-state index is 12.3. The fourth-order valence-electron chi connectivity index (χ4n) is 2.73. The molecule has 31 heavy (non-hydrogen) atoms. The standard InChI is InChI=1S/C22H23N5O4/c1-15(27-14-23-13-24-27)22(29)26-18-8-6-17(7-9-18)25-21(28)11-5-16-4-10-19(30-2)20(12-16)31-3/h4-15H,1-3H3,(H,25,28)(H,26,29)/b11-5+. The lowest BCUT2D eigenvalue weighted by Gasteiger charge is -2.12. The van der Waals surface area contributed by atoms with E-state index in [1.807, 2.05) is 6.07 Å². The zero-order valence-electron chi connectivity index (χ0n) is 17.4. The Morgan fingerprint density at radius 2 is 1.68 bits per heavy atom. The quantitative estimate of drug-likeness (QED) is 0.541. The molecule has 160 valence electrons. The normalized spacial score (nSPS) is 11.7. The van der Waals surface area contributed by atoms with Crippen LogP contribution < -0.4 is 20.1 Å². The average molecular weight is 421 g/mol. The molecular formula is C22H23N5O4. The van der Waals surface area contributed by atoms with Crippen molar-refractivity contribution >= 4 is 29.3 Å². The monoisotopic (exact) mass is 421 g/mol. The molecule has 0 saturated carbocycles. The second-order valence-corrected chi connectivity index (χ2v) is 6.56. The molecule has 0 saturated heterocycles. The van der Waals surface area contributed by atoms with E-state index in [0.717, 1.165) is 5.56 Å². The van der Waals surface area contributed by atoms with E-state index in [4.69, 9.17) is 9.47 Å². The van der Waals surface area contributed by atoms with Crippen LogP contribution in [0.4, 0.5) is 11.4 Å². The van der Waals surface area contributed by atoms with E-state index >= 15 is 0 Å². The predicted molar refractivity (Wildman–Crippen MR) is 117 cm³/mol. The highest BCUT2D eigenvalue weighted by atomic mass is 16.5. The molecule has 1 aromatic heterocycles. The maximum Gasteiger partial charge on any atom is 0.249 e. The minimum atomic E-state index is -0.497. The zero-order valence-corrected chi connectivity index (χ0v) is 17.4. The van der Waals surface area contributed by atoms with Crippen molar-refractivity contribution in [1.82, 2.24) is 14.8 Å². The number of carbonyl (C=O) groups is 2. The predicted octanol–water partition coefficient (Wildman–Crippen LogP) is 3.15. The van der Waals surface area contributed by atoms with Gasteiger partial charge >= 0.3 is 0 Å². The van der Waals surface area contributed by atoms with Crippen molar-refractivity contribution in [2.45, 2.75) is 13.0 Å². The molecule has 2 aromatic carbocycles. The number of ether oxygens (including phenoxy) is 2. The van der Waals surface area contributed by atoms with Gasteiger partial charge in [0.15, 0.2) is 11.5 Å². The summed E-state index contributed by atoms with van der Waals surface area (Å²) < 4.78 is 11.9. The molecule has 2 N–H and O–H groups in total. The SMILES string of the molecule is COc1ccc(/C=C/C(=O)Nc2ccc(NC(=O)C(C)n3cncn3)cc2)cc1OC. The van der Waals surface area contributed by atoms with Crippen LogP contribution in [0.25, 0.3) is 6.08 Å². The first-order valence-electron chi connectivity index (χ1n) is 9.46. The molecule has 2 amide bonds. The third kappa shape index (κ3) is 5.69. The van der Waals surface area contributed by atoms with Gasteiger partial charge < -0.3 is 20.1 Å². The van der Waals surface area contributed by atoms with Gasteiger partial charge in [0, 0.05) is 17.5 Å². The van der Waals surface area contributed by atoms with Gasteiger partial charge in [-0.3, -0.25) is 9.59 Å². The first-order valence-corrected chi connectivity index (χ1v) is 9.46. The van der Waals surface area contributed by atoms with Crippen LogP contribution >= 0.6 is 0 Å². The third-order valence-corrected chi connectivity index (χ3v) is 4.47. The Labute approximate surface area is 179 Å². The van der Waals surface area contributed by atoms with Crippen LogP contribution in [0.5, 0.6) is 11.5 Å². The van der Waals surface area contributed by atoms with Gasteiger partial charge in [-0.25, -0.2) is 9.67 Å². The number of benzene rings is 2. The summed E-state index contributed by atoms with van der Waals surface area (Å²) in [5, 5.41) is 9.53. The van der Waals surface area contributed by atoms with E-state index in [0.29, 0.717) is 22.9 Å². The number of nitrogens with zero attached hydrogens (tertiary/aromatic N) is 3. The summed E-state index contributed by atoms with van der Waals surface area (Å²) in [4.78, 5) is 28.3. The number of methoxy groups -OCH3 is 2. The number of amides is 2. The summed E-state index contributed by atoms with van der Waals surface area (Å²) >= 11 is 0. The van der Waals surface area contributed by atoms with Gasteiger partial charge in [-0.15, -0.1) is 0 Å². The molecule has 1 heterocycles. The van der Waals surface area contributed by atoms with Gasteiger partial charge in [0.1, 0.15) is 18.7 Å². The minimum absolute atomic E-state index is 0.222. The Kier molecular flexibility index (Phi) is 7.00. The topological polar surface area (TPSA) is 107 Å². The van der Waals surface area contributed by atoms with Crippen LogP contribution in [0.3, 0.4) is 0 Å². The summed E-state index contributed by atoms with van der Waals surface area (Å²) in [6.45, 7) is 1.73. The Morgan fingerprint density at radius 1 is 1.00 bits per heavy atom. The minimum Gasteiger partial charge on any atom is -0.493 e. The lowest BCUT2D eigenvalue weighted by atomic mass is 10.2. The largest absolute Gasteiger partial charge is 0.493 e. The van der Waals surface area contributed by atoms with Gasteiger partial charge in [-0.1, -0.05) is 6.07 Å². The molecule has 1 atom stereocenters. The van der Waals surface area contributed by atoms with Crippen molar-refractivity contribution in [1.29, 1.82) is 0 Å². The van der Waals surface area contributed by atoms with Crippen molar-refractivity contribution in [3.63, 3.8) is 0 Å². The maximum atomic E-state index is 12.3. The molecule has 0 radical (unpaired) electrons. The highest BCUT2D eigenvalue weighted by Gasteiger charge is 2.15. The second kappa shape index (κ2) is 10.1. The van der Waals surface area contributed by atoms with Crippen LogP contribution in [0.15, 0.2) is 61.2 Å². The molecule has 9 nitrogen and oxygen atoms in total. The number of nitrogens with one attached hydrogen (secondary N) is 2. The molecule has 0 aliphatic rings. The zero-order chi connectivity index (χ0) is 22.2. The van der Waals surface area contributed by atoms with Gasteiger partial charge in [0.2, 0.25) is 11.8 Å². The Morgan fingerprint density at radius 3 is 2.29 bits per heavy atom. The van der Waals surface area contributed by atoms with Gasteiger partial charge in [0.05, 0.1) is 14.2 Å². The molecule has 0 spiro atoms. The Balaban J connectivity index is 1.56. The number of hydrogen-bond donors (Lipinski definition) is 2. The smallest absolute Gasteiger partial charge is 0.249 e. The molecule has 1 unspecified atom stereocenters. The molecule has 0 fully saturated rings. The van der Waals surface area contributed by atoms with Crippen LogP contribution in [-0.4, -0.2) is 40.8 Å².